The molecular weight excluding hydrogens is 841 g/mol. The number of aryl methyl sites for hydroxylation is 1. The summed E-state index contributed by atoms with van der Waals surface area (Å²) in [7, 11) is 0. The van der Waals surface area contributed by atoms with Crippen LogP contribution in [0.25, 0.3) is 66.4 Å². The van der Waals surface area contributed by atoms with E-state index in [2.05, 4.69) is 262 Å². The number of rotatable bonds is 7. The average molecular weight is 885 g/mol. The van der Waals surface area contributed by atoms with Crippen LogP contribution in [0.4, 0.5) is 51.2 Å². The van der Waals surface area contributed by atoms with Gasteiger partial charge in [0.25, 0.3) is 0 Å². The highest BCUT2D eigenvalue weighted by molar-refractivity contribution is 6.14. The summed E-state index contributed by atoms with van der Waals surface area (Å²) in [5.41, 5.74) is 17.8. The first-order valence-electron chi connectivity index (χ1n) is 23.8. The Hall–Kier alpha value is -9.06. The molecule has 1 aliphatic carbocycles. The van der Waals surface area contributed by atoms with Crippen molar-refractivity contribution < 1.29 is 4.42 Å². The van der Waals surface area contributed by atoms with Crippen LogP contribution in [0.15, 0.2) is 241 Å². The molecule has 12 aromatic rings. The van der Waals surface area contributed by atoms with Gasteiger partial charge in [0.2, 0.25) is 0 Å². The van der Waals surface area contributed by atoms with Crippen molar-refractivity contribution in [2.45, 2.75) is 12.8 Å². The van der Waals surface area contributed by atoms with Crippen molar-refractivity contribution in [3.8, 4) is 16.8 Å². The molecule has 0 amide bonds. The van der Waals surface area contributed by atoms with E-state index in [-0.39, 0.29) is 0 Å². The molecule has 14 rings (SSSR count). The van der Waals surface area contributed by atoms with Gasteiger partial charge in [0, 0.05) is 62.0 Å². The number of fused-ring (bicyclic) bond motifs is 9. The van der Waals surface area contributed by atoms with E-state index < -0.39 is 0 Å². The Kier molecular flexibility index (Phi) is 8.96. The third-order valence-electron chi connectivity index (χ3n) is 14.1. The number of benzene rings is 10. The molecule has 0 bridgehead atoms. The van der Waals surface area contributed by atoms with Crippen LogP contribution in [-0.2, 0) is 6.42 Å². The van der Waals surface area contributed by atoms with Gasteiger partial charge in [-0.3, -0.25) is 0 Å². The highest BCUT2D eigenvalue weighted by atomic mass is 16.3. The summed E-state index contributed by atoms with van der Waals surface area (Å²) in [5, 5.41) is 5.99. The molecule has 0 spiro atoms. The van der Waals surface area contributed by atoms with Crippen molar-refractivity contribution in [2.24, 2.45) is 0 Å². The maximum Gasteiger partial charge on any atom is 0.135 e. The molecule has 326 valence electrons. The zero-order valence-electron chi connectivity index (χ0n) is 37.7. The number of allylic oxidation sites excluding steroid dienone is 1. The Morgan fingerprint density at radius 2 is 1.01 bits per heavy atom. The zero-order chi connectivity index (χ0) is 45.4. The quantitative estimate of drug-likeness (QED) is 0.159. The van der Waals surface area contributed by atoms with Crippen LogP contribution < -0.4 is 14.7 Å². The number of aromatic nitrogens is 1. The van der Waals surface area contributed by atoms with Gasteiger partial charge in [0.15, 0.2) is 0 Å². The summed E-state index contributed by atoms with van der Waals surface area (Å²) in [5.74, 6) is 1.07. The van der Waals surface area contributed by atoms with Gasteiger partial charge in [0.1, 0.15) is 11.3 Å². The first kappa shape index (κ1) is 39.1. The van der Waals surface area contributed by atoms with E-state index in [1.807, 2.05) is 0 Å². The fraction of sp³-hybridized carbons (Fsp3) is 0.0312. The van der Waals surface area contributed by atoms with E-state index in [0.717, 1.165) is 86.4 Å². The molecule has 3 heterocycles. The largest absolute Gasteiger partial charge is 0.460 e. The monoisotopic (exact) mass is 884 g/mol. The Morgan fingerprint density at radius 3 is 1.83 bits per heavy atom. The van der Waals surface area contributed by atoms with Crippen LogP contribution in [0, 0.1) is 0 Å². The van der Waals surface area contributed by atoms with E-state index >= 15 is 0 Å². The first-order valence-corrected chi connectivity index (χ1v) is 23.8. The van der Waals surface area contributed by atoms with Gasteiger partial charge in [-0.2, -0.15) is 0 Å². The van der Waals surface area contributed by atoms with Crippen molar-refractivity contribution in [3.05, 3.63) is 248 Å². The van der Waals surface area contributed by atoms with Crippen LogP contribution in [0.1, 0.15) is 17.7 Å². The molecule has 2 aromatic heterocycles. The molecule has 5 heteroatoms. The van der Waals surface area contributed by atoms with Crippen molar-refractivity contribution in [2.75, 3.05) is 14.7 Å². The van der Waals surface area contributed by atoms with Crippen LogP contribution in [0.2, 0.25) is 0 Å². The minimum Gasteiger partial charge on any atom is -0.460 e. The lowest BCUT2D eigenvalue weighted by Gasteiger charge is -2.41. The van der Waals surface area contributed by atoms with E-state index in [4.69, 9.17) is 4.42 Å². The van der Waals surface area contributed by atoms with Crippen molar-refractivity contribution >= 4 is 101 Å². The molecule has 0 fully saturated rings. The second kappa shape index (κ2) is 15.8. The molecule has 10 aromatic carbocycles. The van der Waals surface area contributed by atoms with E-state index in [0.29, 0.717) is 0 Å². The SMILES string of the molecule is C1=Cc2c(oc3ccc(N(c4ccccc4)c4ccc5c(c4)N(c4ccccc4)c4ccccc4N5c4ccc(-c5ccc6c(c5)c5ccccc5n6-c5ccccc5)c5ccccc45)cc23)CC1. The highest BCUT2D eigenvalue weighted by Gasteiger charge is 2.33. The minimum absolute atomic E-state index is 0.922. The molecule has 1 aliphatic heterocycles. The minimum atomic E-state index is 0.922. The fourth-order valence-corrected chi connectivity index (χ4v) is 11.1. The predicted octanol–water partition coefficient (Wildman–Crippen LogP) is 18.0. The summed E-state index contributed by atoms with van der Waals surface area (Å²) < 4.78 is 8.77. The van der Waals surface area contributed by atoms with Gasteiger partial charge >= 0.3 is 0 Å². The molecule has 0 saturated heterocycles. The fourth-order valence-electron chi connectivity index (χ4n) is 11.1. The molecule has 0 radical (unpaired) electrons. The number of hydrogen-bond acceptors (Lipinski definition) is 4. The van der Waals surface area contributed by atoms with Gasteiger partial charge in [-0.05, 0) is 132 Å². The first-order chi connectivity index (χ1) is 34.2. The third-order valence-corrected chi connectivity index (χ3v) is 14.1. The Bertz CT molecular complexity index is 3980. The predicted molar refractivity (Wildman–Crippen MR) is 288 cm³/mol. The Balaban J connectivity index is 0.956. The molecule has 0 saturated carbocycles. The normalized spacial score (nSPS) is 13.0. The molecule has 0 atom stereocenters. The maximum atomic E-state index is 6.39. The average Bonchev–Trinajstić information content (AvgIpc) is 3.96. The zero-order valence-corrected chi connectivity index (χ0v) is 37.7. The number of anilines is 9. The van der Waals surface area contributed by atoms with Crippen LogP contribution in [0.3, 0.4) is 0 Å². The van der Waals surface area contributed by atoms with Crippen LogP contribution in [-0.4, -0.2) is 4.57 Å². The highest BCUT2D eigenvalue weighted by Crippen LogP contribution is 2.57. The number of nitrogens with zero attached hydrogens (tertiary/aromatic N) is 4. The summed E-state index contributed by atoms with van der Waals surface area (Å²) >= 11 is 0. The summed E-state index contributed by atoms with van der Waals surface area (Å²) in [6.07, 6.45) is 6.41. The van der Waals surface area contributed by atoms with E-state index in [1.165, 1.54) is 49.3 Å². The van der Waals surface area contributed by atoms with Gasteiger partial charge < -0.3 is 23.7 Å². The third kappa shape index (κ3) is 6.24. The molecular formula is C64H44N4O. The molecule has 0 unspecified atom stereocenters. The van der Waals surface area contributed by atoms with Crippen molar-refractivity contribution in [1.29, 1.82) is 0 Å². The smallest absolute Gasteiger partial charge is 0.135 e. The van der Waals surface area contributed by atoms with Crippen molar-refractivity contribution in [3.63, 3.8) is 0 Å². The maximum absolute atomic E-state index is 6.39. The van der Waals surface area contributed by atoms with Gasteiger partial charge in [-0.25, -0.2) is 0 Å². The van der Waals surface area contributed by atoms with Crippen LogP contribution in [0.5, 0.6) is 0 Å². The Morgan fingerprint density at radius 1 is 0.391 bits per heavy atom. The molecule has 5 nitrogen and oxygen atoms in total. The summed E-state index contributed by atoms with van der Waals surface area (Å²) in [6.45, 7) is 0. The lowest BCUT2D eigenvalue weighted by atomic mass is 9.94. The second-order valence-electron chi connectivity index (χ2n) is 18.0. The molecule has 69 heavy (non-hydrogen) atoms. The van der Waals surface area contributed by atoms with Gasteiger partial charge in [0.05, 0.1) is 39.5 Å². The van der Waals surface area contributed by atoms with Gasteiger partial charge in [-0.1, -0.05) is 133 Å². The van der Waals surface area contributed by atoms with E-state index in [1.54, 1.807) is 0 Å². The topological polar surface area (TPSA) is 27.8 Å². The molecule has 0 N–H and O–H groups in total. The number of furan rings is 1. The van der Waals surface area contributed by atoms with E-state index in [9.17, 15) is 0 Å². The summed E-state index contributed by atoms with van der Waals surface area (Å²) in [4.78, 5) is 7.27. The lowest BCUT2D eigenvalue weighted by molar-refractivity contribution is 0.546. The second-order valence-corrected chi connectivity index (χ2v) is 18.0. The number of hydrogen-bond donors (Lipinski definition) is 0. The van der Waals surface area contributed by atoms with Crippen molar-refractivity contribution in [1.82, 2.24) is 4.57 Å². The molecule has 2 aliphatic rings. The van der Waals surface area contributed by atoms with Crippen LogP contribution >= 0.6 is 0 Å². The standard InChI is InChI=1S/C64H44N4O/c1-4-18-44(19-5-1)65(47-34-39-64-55(41-47)53-27-13-17-31-63(53)69-64)48-33-37-61-62(42-48)67(46-22-8-3-9-23-46)59-29-15-16-30-60(59)68(61)57-38-35-49(50-24-10-11-25-51(50)57)43-32-36-58-54(40-43)52-26-12-14-28-56(52)66(58)45-20-6-2-7-21-45/h1-16,18-30,32-42H,17,31H2. The number of para-hydroxylation sites is 6. The lowest BCUT2D eigenvalue weighted by Crippen LogP contribution is -2.24. The Labute approximate surface area is 400 Å². The van der Waals surface area contributed by atoms with Gasteiger partial charge in [-0.15, -0.1) is 0 Å². The summed E-state index contributed by atoms with van der Waals surface area (Å²) in [6, 6.07) is 83.8.